The van der Waals surface area contributed by atoms with E-state index >= 15 is 0 Å². The van der Waals surface area contributed by atoms with E-state index in [1.165, 1.54) is 0 Å². The third-order valence-electron chi connectivity index (χ3n) is 3.68. The highest BCUT2D eigenvalue weighted by molar-refractivity contribution is 7.58. The van der Waals surface area contributed by atoms with E-state index in [1.54, 1.807) is 0 Å². The van der Waals surface area contributed by atoms with Gasteiger partial charge < -0.3 is 15.3 Å². The lowest BCUT2D eigenvalue weighted by atomic mass is 10.0. The average molecular weight is 297 g/mol. The van der Waals surface area contributed by atoms with Gasteiger partial charge in [-0.3, -0.25) is 9.36 Å². The molecule has 0 radical (unpaired) electrons. The lowest BCUT2D eigenvalue weighted by Crippen LogP contribution is -2.28. The largest absolute Gasteiger partial charge is 0.481 e. The van der Waals surface area contributed by atoms with Crippen molar-refractivity contribution < 1.29 is 19.4 Å². The van der Waals surface area contributed by atoms with Gasteiger partial charge in [0.1, 0.15) is 0 Å². The molecule has 0 bridgehead atoms. The number of carboxylic acid groups (broad SMARTS) is 1. The van der Waals surface area contributed by atoms with Gasteiger partial charge in [0, 0.05) is 6.16 Å². The van der Waals surface area contributed by atoms with Crippen LogP contribution in [-0.2, 0) is 15.8 Å². The summed E-state index contributed by atoms with van der Waals surface area (Å²) in [4.78, 5) is 21.5. The SMILES string of the molecule is O=C(O)[C@@H](Cc1ccccc1)CP(=O)(O)[C@@H]1CCCN1. The van der Waals surface area contributed by atoms with Crippen LogP contribution in [0.15, 0.2) is 30.3 Å². The molecule has 1 aliphatic rings. The van der Waals surface area contributed by atoms with Gasteiger partial charge in [-0.05, 0) is 31.4 Å². The first kappa shape index (κ1) is 15.2. The van der Waals surface area contributed by atoms with Crippen molar-refractivity contribution in [2.75, 3.05) is 12.7 Å². The Morgan fingerprint density at radius 3 is 2.65 bits per heavy atom. The quantitative estimate of drug-likeness (QED) is 0.698. The van der Waals surface area contributed by atoms with E-state index < -0.39 is 25.0 Å². The molecule has 110 valence electrons. The summed E-state index contributed by atoms with van der Waals surface area (Å²) in [6, 6.07) is 9.22. The van der Waals surface area contributed by atoms with Gasteiger partial charge in [0.25, 0.3) is 0 Å². The van der Waals surface area contributed by atoms with Crippen LogP contribution in [0.4, 0.5) is 0 Å². The van der Waals surface area contributed by atoms with E-state index in [1.807, 2.05) is 30.3 Å². The van der Waals surface area contributed by atoms with Gasteiger partial charge in [-0.25, -0.2) is 0 Å². The van der Waals surface area contributed by atoms with Crippen molar-refractivity contribution in [2.45, 2.75) is 25.0 Å². The molecular formula is C14H20NO4P. The minimum atomic E-state index is -3.48. The van der Waals surface area contributed by atoms with Gasteiger partial charge in [-0.1, -0.05) is 30.3 Å². The number of hydrogen-bond donors (Lipinski definition) is 3. The van der Waals surface area contributed by atoms with Crippen LogP contribution >= 0.6 is 7.37 Å². The normalized spacial score (nSPS) is 23.1. The van der Waals surface area contributed by atoms with Gasteiger partial charge in [-0.15, -0.1) is 0 Å². The van der Waals surface area contributed by atoms with Gasteiger partial charge >= 0.3 is 5.97 Å². The maximum atomic E-state index is 12.4. The van der Waals surface area contributed by atoms with E-state index in [9.17, 15) is 19.4 Å². The highest BCUT2D eigenvalue weighted by atomic mass is 31.2. The van der Waals surface area contributed by atoms with E-state index in [2.05, 4.69) is 5.32 Å². The number of aliphatic carboxylic acids is 1. The van der Waals surface area contributed by atoms with Crippen molar-refractivity contribution >= 4 is 13.3 Å². The van der Waals surface area contributed by atoms with Crippen molar-refractivity contribution in [3.8, 4) is 0 Å². The minimum Gasteiger partial charge on any atom is -0.481 e. The second-order valence-electron chi connectivity index (χ2n) is 5.28. The molecule has 1 saturated heterocycles. The van der Waals surface area contributed by atoms with Crippen molar-refractivity contribution in [1.29, 1.82) is 0 Å². The lowest BCUT2D eigenvalue weighted by molar-refractivity contribution is -0.141. The van der Waals surface area contributed by atoms with Crippen molar-refractivity contribution in [3.05, 3.63) is 35.9 Å². The summed E-state index contributed by atoms with van der Waals surface area (Å²) in [5.41, 5.74) is 0.874. The predicted molar refractivity (Wildman–Crippen MR) is 77.0 cm³/mol. The predicted octanol–water partition coefficient (Wildman–Crippen LogP) is 1.91. The smallest absolute Gasteiger partial charge is 0.307 e. The standard InChI is InChI=1S/C14H20NO4P/c16-14(17)12(9-11-5-2-1-3-6-11)10-20(18,19)13-7-4-8-15-13/h1-3,5-6,12-13,15H,4,7-10H2,(H,16,17)(H,18,19)/t12-,13+/m0/s1. The molecule has 1 fully saturated rings. The summed E-state index contributed by atoms with van der Waals surface area (Å²) < 4.78 is 12.4. The van der Waals surface area contributed by atoms with Crippen LogP contribution in [0.1, 0.15) is 18.4 Å². The zero-order valence-electron chi connectivity index (χ0n) is 11.2. The van der Waals surface area contributed by atoms with Gasteiger partial charge in [0.2, 0.25) is 7.37 Å². The molecule has 1 aromatic rings. The number of benzene rings is 1. The second-order valence-corrected chi connectivity index (χ2v) is 7.77. The van der Waals surface area contributed by atoms with E-state index in [4.69, 9.17) is 0 Å². The van der Waals surface area contributed by atoms with E-state index in [-0.39, 0.29) is 12.6 Å². The van der Waals surface area contributed by atoms with Crippen molar-refractivity contribution in [2.24, 2.45) is 5.92 Å². The van der Waals surface area contributed by atoms with Crippen LogP contribution < -0.4 is 5.32 Å². The maximum absolute atomic E-state index is 12.4. The topological polar surface area (TPSA) is 86.6 Å². The Balaban J connectivity index is 2.05. The lowest BCUT2D eigenvalue weighted by Gasteiger charge is -2.22. The molecule has 0 saturated carbocycles. The third-order valence-corrected chi connectivity index (χ3v) is 6.06. The Labute approximate surface area is 118 Å². The molecule has 1 unspecified atom stereocenters. The Bertz CT molecular complexity index is 499. The van der Waals surface area contributed by atoms with Gasteiger partial charge in [0.05, 0.1) is 11.7 Å². The zero-order valence-corrected chi connectivity index (χ0v) is 12.1. The Hall–Kier alpha value is -1.16. The summed E-state index contributed by atoms with van der Waals surface area (Å²) in [7, 11) is -3.48. The molecule has 5 nitrogen and oxygen atoms in total. The summed E-state index contributed by atoms with van der Waals surface area (Å²) in [5.74, 6) is -2.28. The van der Waals surface area contributed by atoms with Crippen molar-refractivity contribution in [1.82, 2.24) is 5.32 Å². The van der Waals surface area contributed by atoms with Crippen LogP contribution in [-0.4, -0.2) is 34.5 Å². The molecule has 3 atom stereocenters. The Morgan fingerprint density at radius 1 is 1.40 bits per heavy atom. The monoisotopic (exact) mass is 297 g/mol. The average Bonchev–Trinajstić information content (AvgIpc) is 2.93. The van der Waals surface area contributed by atoms with Crippen LogP contribution in [0.25, 0.3) is 0 Å². The number of rotatable bonds is 6. The molecular weight excluding hydrogens is 277 g/mol. The molecule has 0 amide bonds. The molecule has 0 spiro atoms. The first-order valence-corrected chi connectivity index (χ1v) is 8.72. The van der Waals surface area contributed by atoms with Crippen molar-refractivity contribution in [3.63, 3.8) is 0 Å². The summed E-state index contributed by atoms with van der Waals surface area (Å²) in [6.07, 6.45) is 1.62. The number of carbonyl (C=O) groups is 1. The summed E-state index contributed by atoms with van der Waals surface area (Å²) >= 11 is 0. The first-order chi connectivity index (χ1) is 9.49. The fraction of sp³-hybridized carbons (Fsp3) is 0.500. The maximum Gasteiger partial charge on any atom is 0.307 e. The van der Waals surface area contributed by atoms with E-state index in [0.717, 1.165) is 18.5 Å². The van der Waals surface area contributed by atoms with Crippen LogP contribution in [0.5, 0.6) is 0 Å². The first-order valence-electron chi connectivity index (χ1n) is 6.80. The fourth-order valence-corrected chi connectivity index (χ4v) is 4.75. The van der Waals surface area contributed by atoms with Crippen LogP contribution in [0.3, 0.4) is 0 Å². The molecule has 1 aliphatic heterocycles. The third kappa shape index (κ3) is 3.92. The molecule has 1 heterocycles. The highest BCUT2D eigenvalue weighted by Crippen LogP contribution is 2.50. The molecule has 6 heteroatoms. The van der Waals surface area contributed by atoms with Crippen LogP contribution in [0, 0.1) is 5.92 Å². The summed E-state index contributed by atoms with van der Waals surface area (Å²) in [5, 5.41) is 12.3. The highest BCUT2D eigenvalue weighted by Gasteiger charge is 2.37. The zero-order chi connectivity index (χ0) is 14.6. The number of carboxylic acids is 1. The molecule has 2 rings (SSSR count). The van der Waals surface area contributed by atoms with Gasteiger partial charge in [0.15, 0.2) is 0 Å². The second kappa shape index (κ2) is 6.53. The van der Waals surface area contributed by atoms with E-state index in [0.29, 0.717) is 6.42 Å². The molecule has 0 aliphatic carbocycles. The molecule has 3 N–H and O–H groups in total. The number of hydrogen-bond acceptors (Lipinski definition) is 3. The fourth-order valence-electron chi connectivity index (χ4n) is 2.58. The Morgan fingerprint density at radius 2 is 2.10 bits per heavy atom. The molecule has 0 aromatic heterocycles. The minimum absolute atomic E-state index is 0.172. The number of nitrogens with one attached hydrogen (secondary N) is 1. The molecule has 20 heavy (non-hydrogen) atoms. The van der Waals surface area contributed by atoms with Crippen LogP contribution in [0.2, 0.25) is 0 Å². The Kier molecular flexibility index (Phi) is 4.97. The molecule has 1 aromatic carbocycles. The van der Waals surface area contributed by atoms with Gasteiger partial charge in [-0.2, -0.15) is 0 Å². The summed E-state index contributed by atoms with van der Waals surface area (Å²) in [6.45, 7) is 0.728.